The quantitative estimate of drug-likeness (QED) is 0.659. The highest BCUT2D eigenvalue weighted by atomic mass is 15.2. The zero-order valence-corrected chi connectivity index (χ0v) is 13.9. The molecule has 1 unspecified atom stereocenters. The highest BCUT2D eigenvalue weighted by Gasteiger charge is 2.25. The van der Waals surface area contributed by atoms with Crippen LogP contribution in [0, 0.1) is 0 Å². The van der Waals surface area contributed by atoms with Gasteiger partial charge in [-0.2, -0.15) is 0 Å². The molecule has 0 spiro atoms. The molecule has 122 valence electrons. The van der Waals surface area contributed by atoms with E-state index in [1.807, 2.05) is 6.08 Å². The average molecular weight is 317 g/mol. The molecule has 0 saturated carbocycles. The van der Waals surface area contributed by atoms with E-state index in [1.165, 1.54) is 23.9 Å². The Balaban J connectivity index is 1.82. The van der Waals surface area contributed by atoms with E-state index in [0.717, 1.165) is 31.0 Å². The standard InChI is InChI=1S/C21H23N3/c1-2-14-23-15-8-11-18(16-23)24-20-13-7-6-12-19(20)22-21(24)17-9-4-3-5-10-17/h2-7,9-10,12-13,18H,1,8,11,14-16H2. The predicted octanol–water partition coefficient (Wildman–Crippen LogP) is 4.53. The van der Waals surface area contributed by atoms with Crippen molar-refractivity contribution in [3.8, 4) is 11.4 Å². The number of rotatable bonds is 4. The second-order valence-electron chi connectivity index (χ2n) is 6.50. The van der Waals surface area contributed by atoms with Gasteiger partial charge in [-0.15, -0.1) is 6.58 Å². The fraction of sp³-hybridized carbons (Fsp3) is 0.286. The van der Waals surface area contributed by atoms with E-state index < -0.39 is 0 Å². The number of hydrogen-bond acceptors (Lipinski definition) is 2. The average Bonchev–Trinajstić information content (AvgIpc) is 3.02. The zero-order valence-electron chi connectivity index (χ0n) is 13.9. The first-order chi connectivity index (χ1) is 11.9. The number of piperidine rings is 1. The second kappa shape index (κ2) is 6.62. The Hall–Kier alpha value is -2.39. The van der Waals surface area contributed by atoms with Crippen LogP contribution in [0.4, 0.5) is 0 Å². The summed E-state index contributed by atoms with van der Waals surface area (Å²) >= 11 is 0. The molecule has 0 bridgehead atoms. The first-order valence-electron chi connectivity index (χ1n) is 8.72. The van der Waals surface area contributed by atoms with Gasteiger partial charge in [0.2, 0.25) is 0 Å². The molecule has 0 amide bonds. The van der Waals surface area contributed by atoms with Crippen LogP contribution in [-0.4, -0.2) is 34.1 Å². The van der Waals surface area contributed by atoms with E-state index in [-0.39, 0.29) is 0 Å². The van der Waals surface area contributed by atoms with E-state index >= 15 is 0 Å². The van der Waals surface area contributed by atoms with Crippen molar-refractivity contribution in [3.63, 3.8) is 0 Å². The maximum atomic E-state index is 4.95. The Morgan fingerprint density at radius 3 is 2.71 bits per heavy atom. The molecule has 1 fully saturated rings. The SMILES string of the molecule is C=CCN1CCCC(n2c(-c3ccccc3)nc3ccccc32)C1. The van der Waals surface area contributed by atoms with Gasteiger partial charge in [0.15, 0.2) is 0 Å². The minimum atomic E-state index is 0.460. The van der Waals surface area contributed by atoms with Crippen molar-refractivity contribution in [3.05, 3.63) is 67.3 Å². The highest BCUT2D eigenvalue weighted by molar-refractivity contribution is 5.80. The third-order valence-corrected chi connectivity index (χ3v) is 4.86. The molecule has 1 aliphatic heterocycles. The summed E-state index contributed by atoms with van der Waals surface area (Å²) < 4.78 is 2.46. The van der Waals surface area contributed by atoms with Crippen LogP contribution in [0.2, 0.25) is 0 Å². The minimum absolute atomic E-state index is 0.460. The van der Waals surface area contributed by atoms with Crippen LogP contribution in [-0.2, 0) is 0 Å². The molecule has 1 aliphatic rings. The van der Waals surface area contributed by atoms with Crippen LogP contribution < -0.4 is 0 Å². The van der Waals surface area contributed by atoms with Crippen molar-refractivity contribution in [2.24, 2.45) is 0 Å². The Bertz CT molecular complexity index is 835. The van der Waals surface area contributed by atoms with E-state index in [2.05, 4.69) is 70.6 Å². The van der Waals surface area contributed by atoms with E-state index in [0.29, 0.717) is 6.04 Å². The Labute approximate surface area is 143 Å². The van der Waals surface area contributed by atoms with Crippen molar-refractivity contribution in [2.45, 2.75) is 18.9 Å². The van der Waals surface area contributed by atoms with Crippen molar-refractivity contribution < 1.29 is 0 Å². The van der Waals surface area contributed by atoms with Gasteiger partial charge in [-0.1, -0.05) is 48.5 Å². The minimum Gasteiger partial charge on any atom is -0.320 e. The number of benzene rings is 2. The molecular weight excluding hydrogens is 294 g/mol. The summed E-state index contributed by atoms with van der Waals surface area (Å²) in [5.74, 6) is 1.09. The molecule has 0 N–H and O–H groups in total. The molecule has 1 saturated heterocycles. The van der Waals surface area contributed by atoms with Gasteiger partial charge in [0.1, 0.15) is 5.82 Å². The summed E-state index contributed by atoms with van der Waals surface area (Å²) in [6, 6.07) is 19.5. The number of para-hydroxylation sites is 2. The third-order valence-electron chi connectivity index (χ3n) is 4.86. The molecule has 3 heteroatoms. The smallest absolute Gasteiger partial charge is 0.141 e. The number of imidazole rings is 1. The summed E-state index contributed by atoms with van der Waals surface area (Å²) in [4.78, 5) is 7.44. The van der Waals surface area contributed by atoms with Gasteiger partial charge in [0.05, 0.1) is 11.0 Å². The van der Waals surface area contributed by atoms with Gasteiger partial charge in [-0.3, -0.25) is 4.90 Å². The van der Waals surface area contributed by atoms with Crippen LogP contribution in [0.25, 0.3) is 22.4 Å². The molecule has 4 rings (SSSR count). The van der Waals surface area contributed by atoms with Crippen molar-refractivity contribution in [2.75, 3.05) is 19.6 Å². The second-order valence-corrected chi connectivity index (χ2v) is 6.50. The number of likely N-dealkylation sites (tertiary alicyclic amines) is 1. The maximum Gasteiger partial charge on any atom is 0.141 e. The van der Waals surface area contributed by atoms with E-state index in [9.17, 15) is 0 Å². The monoisotopic (exact) mass is 317 g/mol. The summed E-state index contributed by atoms with van der Waals surface area (Å²) in [6.07, 6.45) is 4.43. The lowest BCUT2D eigenvalue weighted by molar-refractivity contribution is 0.197. The van der Waals surface area contributed by atoms with Crippen LogP contribution >= 0.6 is 0 Å². The lowest BCUT2D eigenvalue weighted by atomic mass is 10.0. The van der Waals surface area contributed by atoms with Gasteiger partial charge >= 0.3 is 0 Å². The Morgan fingerprint density at radius 2 is 1.88 bits per heavy atom. The first-order valence-corrected chi connectivity index (χ1v) is 8.72. The van der Waals surface area contributed by atoms with Gasteiger partial charge < -0.3 is 4.57 Å². The van der Waals surface area contributed by atoms with Crippen LogP contribution in [0.5, 0.6) is 0 Å². The number of aromatic nitrogens is 2. The first kappa shape index (κ1) is 15.2. The highest BCUT2D eigenvalue weighted by Crippen LogP contribution is 2.32. The van der Waals surface area contributed by atoms with E-state index in [1.54, 1.807) is 0 Å². The number of hydrogen-bond donors (Lipinski definition) is 0. The topological polar surface area (TPSA) is 21.1 Å². The summed E-state index contributed by atoms with van der Waals surface area (Å²) in [6.45, 7) is 7.08. The lowest BCUT2D eigenvalue weighted by Crippen LogP contribution is -2.36. The maximum absolute atomic E-state index is 4.95. The summed E-state index contributed by atoms with van der Waals surface area (Å²) in [7, 11) is 0. The molecule has 1 aromatic heterocycles. The zero-order chi connectivity index (χ0) is 16.4. The molecular formula is C21H23N3. The molecule has 3 nitrogen and oxygen atoms in total. The van der Waals surface area contributed by atoms with Gasteiger partial charge in [-0.25, -0.2) is 4.98 Å². The Kier molecular flexibility index (Phi) is 4.18. The Morgan fingerprint density at radius 1 is 1.08 bits per heavy atom. The fourth-order valence-corrected chi connectivity index (χ4v) is 3.80. The largest absolute Gasteiger partial charge is 0.320 e. The predicted molar refractivity (Wildman–Crippen MR) is 100 cm³/mol. The van der Waals surface area contributed by atoms with Crippen LogP contribution in [0.1, 0.15) is 18.9 Å². The summed E-state index contributed by atoms with van der Waals surface area (Å²) in [5, 5.41) is 0. The molecule has 2 heterocycles. The molecule has 2 aromatic carbocycles. The normalized spacial score (nSPS) is 18.8. The fourth-order valence-electron chi connectivity index (χ4n) is 3.80. The number of nitrogens with zero attached hydrogens (tertiary/aromatic N) is 3. The van der Waals surface area contributed by atoms with Crippen LogP contribution in [0.15, 0.2) is 67.3 Å². The van der Waals surface area contributed by atoms with Crippen molar-refractivity contribution >= 4 is 11.0 Å². The molecule has 3 aromatic rings. The number of fused-ring (bicyclic) bond motifs is 1. The molecule has 0 aliphatic carbocycles. The molecule has 24 heavy (non-hydrogen) atoms. The van der Waals surface area contributed by atoms with Gasteiger partial charge in [0.25, 0.3) is 0 Å². The van der Waals surface area contributed by atoms with Gasteiger partial charge in [0, 0.05) is 24.7 Å². The van der Waals surface area contributed by atoms with Gasteiger partial charge in [-0.05, 0) is 31.5 Å². The van der Waals surface area contributed by atoms with Crippen molar-refractivity contribution in [1.82, 2.24) is 14.5 Å². The lowest BCUT2D eigenvalue weighted by Gasteiger charge is -2.33. The third kappa shape index (κ3) is 2.76. The molecule has 1 atom stereocenters. The summed E-state index contributed by atoms with van der Waals surface area (Å²) in [5.41, 5.74) is 3.51. The van der Waals surface area contributed by atoms with E-state index in [4.69, 9.17) is 4.98 Å². The van der Waals surface area contributed by atoms with Crippen molar-refractivity contribution in [1.29, 1.82) is 0 Å². The molecule has 0 radical (unpaired) electrons. The van der Waals surface area contributed by atoms with Crippen LogP contribution in [0.3, 0.4) is 0 Å².